The molecule has 6 rings (SSSR count). The fourth-order valence-electron chi connectivity index (χ4n) is 4.54. The summed E-state index contributed by atoms with van der Waals surface area (Å²) in [6.07, 6.45) is 2.08. The average Bonchev–Trinajstić information content (AvgIpc) is 3.10. The molecule has 2 heterocycles. The highest BCUT2D eigenvalue weighted by atomic mass is 16.3. The summed E-state index contributed by atoms with van der Waals surface area (Å²) >= 11 is 0. The van der Waals surface area contributed by atoms with Crippen molar-refractivity contribution >= 4 is 43.5 Å². The van der Waals surface area contributed by atoms with Crippen LogP contribution in [0.2, 0.25) is 0 Å². The summed E-state index contributed by atoms with van der Waals surface area (Å²) in [5, 5.41) is 7.36. The van der Waals surface area contributed by atoms with E-state index in [1.807, 2.05) is 0 Å². The number of rotatable bonds is 1. The van der Waals surface area contributed by atoms with E-state index in [9.17, 15) is 0 Å². The molecule has 0 atom stereocenters. The van der Waals surface area contributed by atoms with Crippen LogP contribution in [0.15, 0.2) is 89.5 Å². The first-order valence-electron chi connectivity index (χ1n) is 9.93. The highest BCUT2D eigenvalue weighted by molar-refractivity contribution is 6.17. The van der Waals surface area contributed by atoms with Crippen LogP contribution in [0.1, 0.15) is 5.56 Å². The Morgan fingerprint density at radius 1 is 0.690 bits per heavy atom. The molecule has 2 heteroatoms. The number of aromatic nitrogens is 1. The zero-order valence-electron chi connectivity index (χ0n) is 16.4. The molecule has 29 heavy (non-hydrogen) atoms. The maximum Gasteiger partial charge on any atom is 0.216 e. The Balaban J connectivity index is 1.76. The van der Waals surface area contributed by atoms with Crippen molar-refractivity contribution in [3.63, 3.8) is 0 Å². The lowest BCUT2D eigenvalue weighted by molar-refractivity contribution is -0.660. The van der Waals surface area contributed by atoms with Crippen molar-refractivity contribution < 1.29 is 8.98 Å². The average molecular weight is 374 g/mol. The quantitative estimate of drug-likeness (QED) is 0.231. The van der Waals surface area contributed by atoms with Gasteiger partial charge in [0.25, 0.3) is 0 Å². The Bertz CT molecular complexity index is 1570. The molecule has 0 radical (unpaired) electrons. The van der Waals surface area contributed by atoms with Gasteiger partial charge in [0.15, 0.2) is 6.20 Å². The Morgan fingerprint density at radius 2 is 1.52 bits per heavy atom. The first-order valence-corrected chi connectivity index (χ1v) is 9.93. The lowest BCUT2D eigenvalue weighted by Crippen LogP contribution is -2.30. The van der Waals surface area contributed by atoms with Crippen LogP contribution in [0.3, 0.4) is 0 Å². The number of nitrogens with zero attached hydrogens (tertiary/aromatic N) is 1. The van der Waals surface area contributed by atoms with Crippen LogP contribution in [-0.2, 0) is 7.05 Å². The van der Waals surface area contributed by atoms with Crippen molar-refractivity contribution in [2.75, 3.05) is 0 Å². The van der Waals surface area contributed by atoms with E-state index in [0.29, 0.717) is 0 Å². The fraction of sp³-hybridized carbons (Fsp3) is 0.0741. The zero-order chi connectivity index (χ0) is 19.5. The lowest BCUT2D eigenvalue weighted by Gasteiger charge is -2.05. The minimum atomic E-state index is 0.938. The van der Waals surface area contributed by atoms with E-state index in [1.165, 1.54) is 37.9 Å². The SMILES string of the molecule is Cc1ccc2c(oc3cc4ccc5ccccc5c4cc32)c1-c1cccc[n+]1C. The van der Waals surface area contributed by atoms with Gasteiger partial charge >= 0.3 is 0 Å². The van der Waals surface area contributed by atoms with Gasteiger partial charge in [-0.15, -0.1) is 0 Å². The van der Waals surface area contributed by atoms with Crippen molar-refractivity contribution in [1.29, 1.82) is 0 Å². The minimum Gasteiger partial charge on any atom is -0.455 e. The maximum absolute atomic E-state index is 6.48. The number of aryl methyl sites for hydroxylation is 2. The molecule has 0 fully saturated rings. The van der Waals surface area contributed by atoms with E-state index in [-0.39, 0.29) is 0 Å². The van der Waals surface area contributed by atoms with Crippen LogP contribution in [0.4, 0.5) is 0 Å². The van der Waals surface area contributed by atoms with Crippen LogP contribution < -0.4 is 4.57 Å². The Labute approximate surface area is 168 Å². The third kappa shape index (κ3) is 2.32. The molecule has 0 aliphatic carbocycles. The first kappa shape index (κ1) is 16.3. The van der Waals surface area contributed by atoms with Gasteiger partial charge in [-0.2, -0.15) is 0 Å². The zero-order valence-corrected chi connectivity index (χ0v) is 16.4. The molecular formula is C27H20NO+. The number of fused-ring (bicyclic) bond motifs is 6. The molecule has 2 aromatic heterocycles. The molecule has 138 valence electrons. The Morgan fingerprint density at radius 3 is 2.41 bits per heavy atom. The van der Waals surface area contributed by atoms with E-state index in [0.717, 1.165) is 22.4 Å². The molecular weight excluding hydrogens is 354 g/mol. The predicted molar refractivity (Wildman–Crippen MR) is 120 cm³/mol. The van der Waals surface area contributed by atoms with E-state index in [1.54, 1.807) is 0 Å². The monoisotopic (exact) mass is 374 g/mol. The van der Waals surface area contributed by atoms with Gasteiger partial charge in [-0.3, -0.25) is 0 Å². The highest BCUT2D eigenvalue weighted by Crippen LogP contribution is 2.39. The summed E-state index contributed by atoms with van der Waals surface area (Å²) < 4.78 is 8.63. The second-order valence-corrected chi connectivity index (χ2v) is 7.79. The summed E-state index contributed by atoms with van der Waals surface area (Å²) in [5.41, 5.74) is 5.43. The number of benzene rings is 4. The second-order valence-electron chi connectivity index (χ2n) is 7.79. The van der Waals surface area contributed by atoms with Crippen molar-refractivity contribution in [2.45, 2.75) is 6.92 Å². The number of hydrogen-bond acceptors (Lipinski definition) is 1. The van der Waals surface area contributed by atoms with Crippen LogP contribution in [0, 0.1) is 6.92 Å². The third-order valence-corrected chi connectivity index (χ3v) is 6.02. The molecule has 0 N–H and O–H groups in total. The Kier molecular flexibility index (Phi) is 3.33. The molecule has 0 saturated carbocycles. The van der Waals surface area contributed by atoms with Crippen LogP contribution >= 0.6 is 0 Å². The summed E-state index contributed by atoms with van der Waals surface area (Å²) in [5.74, 6) is 0. The summed E-state index contributed by atoms with van der Waals surface area (Å²) in [7, 11) is 2.08. The van der Waals surface area contributed by atoms with Gasteiger partial charge in [-0.05, 0) is 52.2 Å². The molecule has 0 spiro atoms. The molecule has 0 bridgehead atoms. The van der Waals surface area contributed by atoms with Crippen molar-refractivity contribution in [3.05, 3.63) is 90.6 Å². The van der Waals surface area contributed by atoms with Gasteiger partial charge in [0, 0.05) is 22.9 Å². The van der Waals surface area contributed by atoms with Crippen molar-refractivity contribution in [1.82, 2.24) is 0 Å². The predicted octanol–water partition coefficient (Wildman–Crippen LogP) is 6.69. The molecule has 0 aliphatic rings. The minimum absolute atomic E-state index is 0.938. The molecule has 0 aliphatic heterocycles. The van der Waals surface area contributed by atoms with Crippen LogP contribution in [0.25, 0.3) is 54.7 Å². The lowest BCUT2D eigenvalue weighted by atomic mass is 9.98. The van der Waals surface area contributed by atoms with Crippen LogP contribution in [-0.4, -0.2) is 0 Å². The van der Waals surface area contributed by atoms with E-state index >= 15 is 0 Å². The first-order chi connectivity index (χ1) is 14.2. The standard InChI is InChI=1S/C27H20NO/c1-17-10-13-21-23-16-22-19(12-11-18-7-3-4-8-20(18)22)15-25(23)29-27(21)26(17)24-9-5-6-14-28(24)2/h3-16H,1-2H3/q+1. The normalized spacial score (nSPS) is 11.8. The number of furan rings is 1. The third-order valence-electron chi connectivity index (χ3n) is 6.02. The largest absolute Gasteiger partial charge is 0.455 e. The fourth-order valence-corrected chi connectivity index (χ4v) is 4.54. The van der Waals surface area contributed by atoms with E-state index < -0.39 is 0 Å². The molecule has 0 saturated heterocycles. The van der Waals surface area contributed by atoms with Gasteiger partial charge in [-0.25, -0.2) is 4.57 Å². The van der Waals surface area contributed by atoms with Crippen molar-refractivity contribution in [2.24, 2.45) is 7.05 Å². The molecule has 4 aromatic carbocycles. The van der Waals surface area contributed by atoms with Gasteiger partial charge in [0.05, 0.1) is 5.56 Å². The number of hydrogen-bond donors (Lipinski definition) is 0. The highest BCUT2D eigenvalue weighted by Gasteiger charge is 2.20. The smallest absolute Gasteiger partial charge is 0.216 e. The summed E-state index contributed by atoms with van der Waals surface area (Å²) in [6.45, 7) is 2.15. The topological polar surface area (TPSA) is 17.0 Å². The van der Waals surface area contributed by atoms with Gasteiger partial charge in [-0.1, -0.05) is 48.5 Å². The molecule has 2 nitrogen and oxygen atoms in total. The summed E-state index contributed by atoms with van der Waals surface area (Å²) in [4.78, 5) is 0. The van der Waals surface area contributed by atoms with E-state index in [2.05, 4.69) is 104 Å². The maximum atomic E-state index is 6.48. The van der Waals surface area contributed by atoms with Crippen molar-refractivity contribution in [3.8, 4) is 11.3 Å². The number of pyridine rings is 1. The van der Waals surface area contributed by atoms with Gasteiger partial charge in [0.1, 0.15) is 18.2 Å². The summed E-state index contributed by atoms with van der Waals surface area (Å²) in [6, 6.07) is 28.1. The molecule has 0 unspecified atom stereocenters. The van der Waals surface area contributed by atoms with E-state index in [4.69, 9.17) is 4.42 Å². The Hall–Kier alpha value is -3.65. The second kappa shape index (κ2) is 5.92. The van der Waals surface area contributed by atoms with Gasteiger partial charge < -0.3 is 4.42 Å². The van der Waals surface area contributed by atoms with Gasteiger partial charge in [0.2, 0.25) is 5.69 Å². The molecule has 0 amide bonds. The molecule has 6 aromatic rings. The van der Waals surface area contributed by atoms with Crippen LogP contribution in [0.5, 0.6) is 0 Å².